The van der Waals surface area contributed by atoms with Crippen LogP contribution in [-0.2, 0) is 0 Å². The molecule has 1 saturated carbocycles. The molecular weight excluding hydrogens is 226 g/mol. The van der Waals surface area contributed by atoms with Crippen LogP contribution >= 0.6 is 0 Å². The maximum atomic E-state index is 5.47. The van der Waals surface area contributed by atoms with Gasteiger partial charge < -0.3 is 9.84 Å². The number of hydrogen-bond donors (Lipinski definition) is 1. The predicted octanol–water partition coefficient (Wildman–Crippen LogP) is 3.18. The summed E-state index contributed by atoms with van der Waals surface area (Å²) in [4.78, 5) is 4.65. The second-order valence-corrected chi connectivity index (χ2v) is 5.96. The van der Waals surface area contributed by atoms with Crippen molar-refractivity contribution >= 4 is 0 Å². The van der Waals surface area contributed by atoms with Gasteiger partial charge in [-0.05, 0) is 38.1 Å². The van der Waals surface area contributed by atoms with E-state index in [-0.39, 0.29) is 0 Å². The van der Waals surface area contributed by atoms with Crippen LogP contribution in [0.2, 0.25) is 0 Å². The lowest BCUT2D eigenvalue weighted by Crippen LogP contribution is -2.27. The van der Waals surface area contributed by atoms with Crippen molar-refractivity contribution in [3.8, 4) is 0 Å². The van der Waals surface area contributed by atoms with Crippen LogP contribution in [0.4, 0.5) is 0 Å². The van der Waals surface area contributed by atoms with Crippen LogP contribution < -0.4 is 5.32 Å². The fourth-order valence-electron chi connectivity index (χ4n) is 3.29. The molecule has 1 saturated heterocycles. The third kappa shape index (κ3) is 2.58. The fraction of sp³-hybridized carbons (Fsp3) is 0.857. The molecule has 3 rings (SSSR count). The van der Waals surface area contributed by atoms with Crippen molar-refractivity contribution in [1.29, 1.82) is 0 Å². The van der Waals surface area contributed by atoms with Crippen LogP contribution in [-0.4, -0.2) is 16.7 Å². The number of nitrogens with zero attached hydrogens (tertiary/aromatic N) is 2. The first kappa shape index (κ1) is 12.2. The summed E-state index contributed by atoms with van der Waals surface area (Å²) in [5, 5.41) is 7.69. The van der Waals surface area contributed by atoms with E-state index in [0.717, 1.165) is 30.6 Å². The Morgan fingerprint density at radius 3 is 2.89 bits per heavy atom. The lowest BCUT2D eigenvalue weighted by Gasteiger charge is -2.24. The summed E-state index contributed by atoms with van der Waals surface area (Å²) in [6.45, 7) is 3.40. The van der Waals surface area contributed by atoms with Gasteiger partial charge in [-0.2, -0.15) is 4.98 Å². The van der Waals surface area contributed by atoms with Crippen molar-refractivity contribution in [3.05, 3.63) is 11.7 Å². The minimum Gasteiger partial charge on any atom is -0.338 e. The second kappa shape index (κ2) is 5.39. The van der Waals surface area contributed by atoms with Crippen LogP contribution in [0.3, 0.4) is 0 Å². The van der Waals surface area contributed by atoms with Gasteiger partial charge in [-0.15, -0.1) is 0 Å². The second-order valence-electron chi connectivity index (χ2n) is 5.96. The molecule has 1 aromatic rings. The van der Waals surface area contributed by atoms with Gasteiger partial charge in [-0.3, -0.25) is 0 Å². The molecular formula is C14H23N3O. The van der Waals surface area contributed by atoms with Crippen molar-refractivity contribution in [2.24, 2.45) is 5.92 Å². The van der Waals surface area contributed by atoms with Gasteiger partial charge in [0.1, 0.15) is 0 Å². The van der Waals surface area contributed by atoms with E-state index in [9.17, 15) is 0 Å². The highest BCUT2D eigenvalue weighted by Gasteiger charge is 2.27. The molecule has 1 aromatic heterocycles. The van der Waals surface area contributed by atoms with E-state index in [1.54, 1.807) is 0 Å². The van der Waals surface area contributed by atoms with Gasteiger partial charge in [-0.25, -0.2) is 0 Å². The average molecular weight is 249 g/mol. The minimum absolute atomic E-state index is 0.293. The third-order valence-electron chi connectivity index (χ3n) is 4.37. The van der Waals surface area contributed by atoms with E-state index >= 15 is 0 Å². The van der Waals surface area contributed by atoms with Crippen LogP contribution in [0.15, 0.2) is 4.52 Å². The SMILES string of the molecule is CC1CCCC(c2noc([C@@H]3CCCCN3)n2)C1. The molecule has 18 heavy (non-hydrogen) atoms. The maximum absolute atomic E-state index is 5.47. The van der Waals surface area contributed by atoms with E-state index in [1.807, 2.05) is 0 Å². The van der Waals surface area contributed by atoms with Crippen molar-refractivity contribution in [2.45, 2.75) is 63.8 Å². The molecule has 4 nitrogen and oxygen atoms in total. The highest BCUT2D eigenvalue weighted by atomic mass is 16.5. The quantitative estimate of drug-likeness (QED) is 0.874. The maximum Gasteiger partial charge on any atom is 0.243 e. The van der Waals surface area contributed by atoms with Crippen molar-refractivity contribution < 1.29 is 4.52 Å². The van der Waals surface area contributed by atoms with Gasteiger partial charge in [0.15, 0.2) is 5.82 Å². The molecule has 1 aliphatic carbocycles. The summed E-state index contributed by atoms with van der Waals surface area (Å²) in [5.41, 5.74) is 0. The average Bonchev–Trinajstić information content (AvgIpc) is 2.89. The van der Waals surface area contributed by atoms with Crippen molar-refractivity contribution in [2.75, 3.05) is 6.54 Å². The molecule has 2 unspecified atom stereocenters. The van der Waals surface area contributed by atoms with Gasteiger partial charge >= 0.3 is 0 Å². The topological polar surface area (TPSA) is 51.0 Å². The molecule has 0 aromatic carbocycles. The molecule has 2 aliphatic rings. The Kier molecular flexibility index (Phi) is 3.64. The van der Waals surface area contributed by atoms with Crippen LogP contribution in [0, 0.1) is 5.92 Å². The summed E-state index contributed by atoms with van der Waals surface area (Å²) in [5.74, 6) is 3.08. The Morgan fingerprint density at radius 1 is 1.17 bits per heavy atom. The summed E-state index contributed by atoms with van der Waals surface area (Å²) < 4.78 is 5.47. The molecule has 0 amide bonds. The van der Waals surface area contributed by atoms with E-state index < -0.39 is 0 Å². The number of rotatable bonds is 2. The summed E-state index contributed by atoms with van der Waals surface area (Å²) in [7, 11) is 0. The number of aromatic nitrogens is 2. The summed E-state index contributed by atoms with van der Waals surface area (Å²) in [6.07, 6.45) is 8.75. The van der Waals surface area contributed by atoms with E-state index in [4.69, 9.17) is 4.52 Å². The lowest BCUT2D eigenvalue weighted by atomic mass is 9.82. The van der Waals surface area contributed by atoms with E-state index in [0.29, 0.717) is 12.0 Å². The first-order valence-corrected chi connectivity index (χ1v) is 7.40. The Bertz CT molecular complexity index is 384. The van der Waals surface area contributed by atoms with E-state index in [1.165, 1.54) is 38.5 Å². The van der Waals surface area contributed by atoms with Crippen LogP contribution in [0.5, 0.6) is 0 Å². The van der Waals surface area contributed by atoms with Crippen LogP contribution in [0.1, 0.15) is 75.5 Å². The largest absolute Gasteiger partial charge is 0.338 e. The van der Waals surface area contributed by atoms with Gasteiger partial charge in [0.05, 0.1) is 6.04 Å². The highest BCUT2D eigenvalue weighted by Crippen LogP contribution is 2.35. The van der Waals surface area contributed by atoms with E-state index in [2.05, 4.69) is 22.4 Å². The zero-order valence-electron chi connectivity index (χ0n) is 11.2. The number of piperidine rings is 1. The molecule has 2 heterocycles. The molecule has 100 valence electrons. The summed E-state index contributed by atoms with van der Waals surface area (Å²) >= 11 is 0. The first-order chi connectivity index (χ1) is 8.83. The van der Waals surface area contributed by atoms with Crippen molar-refractivity contribution in [3.63, 3.8) is 0 Å². The standard InChI is InChI=1S/C14H23N3O/c1-10-5-4-6-11(9-10)13-16-14(18-17-13)12-7-2-3-8-15-12/h10-12,15H,2-9H2,1H3/t10?,11?,12-/m0/s1. The summed E-state index contributed by atoms with van der Waals surface area (Å²) in [6, 6.07) is 0.293. The lowest BCUT2D eigenvalue weighted by molar-refractivity contribution is 0.289. The molecule has 1 N–H and O–H groups in total. The molecule has 3 atom stereocenters. The molecule has 0 radical (unpaired) electrons. The van der Waals surface area contributed by atoms with Gasteiger partial charge in [0.25, 0.3) is 0 Å². The normalized spacial score (nSPS) is 33.5. The van der Waals surface area contributed by atoms with Gasteiger partial charge in [0.2, 0.25) is 5.89 Å². The fourth-order valence-corrected chi connectivity index (χ4v) is 3.29. The molecule has 1 aliphatic heterocycles. The molecule has 4 heteroatoms. The Morgan fingerprint density at radius 2 is 2.11 bits per heavy atom. The van der Waals surface area contributed by atoms with Crippen LogP contribution in [0.25, 0.3) is 0 Å². The molecule has 0 bridgehead atoms. The first-order valence-electron chi connectivity index (χ1n) is 7.40. The Hall–Kier alpha value is -0.900. The minimum atomic E-state index is 0.293. The highest BCUT2D eigenvalue weighted by molar-refractivity contribution is 5.01. The molecule has 2 fully saturated rings. The Labute approximate surface area is 109 Å². The number of nitrogens with one attached hydrogen (secondary N) is 1. The van der Waals surface area contributed by atoms with Crippen molar-refractivity contribution in [1.82, 2.24) is 15.5 Å². The Balaban J connectivity index is 1.68. The number of hydrogen-bond acceptors (Lipinski definition) is 4. The molecule has 0 spiro atoms. The smallest absolute Gasteiger partial charge is 0.243 e. The monoisotopic (exact) mass is 249 g/mol. The zero-order valence-corrected chi connectivity index (χ0v) is 11.2. The zero-order chi connectivity index (χ0) is 12.4. The van der Waals surface area contributed by atoms with Gasteiger partial charge in [-0.1, -0.05) is 31.3 Å². The van der Waals surface area contributed by atoms with Gasteiger partial charge in [0, 0.05) is 5.92 Å². The predicted molar refractivity (Wildman–Crippen MR) is 69.3 cm³/mol. The third-order valence-corrected chi connectivity index (χ3v) is 4.37.